The topological polar surface area (TPSA) is 49.0 Å². The summed E-state index contributed by atoms with van der Waals surface area (Å²) in [5.41, 5.74) is 0. The Morgan fingerprint density at radius 3 is 2.45 bits per heavy atom. The number of Topliss-reactive ketones (excluding diaryl/α,β-unsaturated/α-hetero) is 1. The van der Waals surface area contributed by atoms with Gasteiger partial charge in [-0.25, -0.2) is 4.98 Å². The molecule has 5 heteroatoms. The van der Waals surface area contributed by atoms with Crippen LogP contribution in [0.15, 0.2) is 12.4 Å². The molecule has 0 aromatic carbocycles. The summed E-state index contributed by atoms with van der Waals surface area (Å²) in [4.78, 5) is 26.0. The lowest BCUT2D eigenvalue weighted by Crippen LogP contribution is -2.45. The molecule has 1 aliphatic heterocycles. The molecule has 2 atom stereocenters. The van der Waals surface area contributed by atoms with Crippen molar-refractivity contribution in [3.05, 3.63) is 24.6 Å². The second-order valence-corrected chi connectivity index (χ2v) is 12.4. The third kappa shape index (κ3) is 5.16. The standard InChI is InChI=1S/C24H42N3OS/c1-8-11-15-29(17-18(4)5)22(12-9-2)20(10-3)27(19(6)7)23(29)16-21(28)24-25-13-14-26-24/h13-14,16,18-20H,8-12,15,17H2,1-7H3,(H,25,26). The Kier molecular flexibility index (Phi) is 9.02. The van der Waals surface area contributed by atoms with E-state index in [0.29, 0.717) is 23.8 Å². The fraction of sp³-hybridized carbons (Fsp3) is 0.708. The minimum Gasteiger partial charge on any atom is -0.342 e. The van der Waals surface area contributed by atoms with Gasteiger partial charge in [0.2, 0.25) is 5.78 Å². The van der Waals surface area contributed by atoms with Gasteiger partial charge in [0.05, 0.1) is 6.42 Å². The zero-order valence-electron chi connectivity index (χ0n) is 19.6. The predicted molar refractivity (Wildman–Crippen MR) is 130 cm³/mol. The summed E-state index contributed by atoms with van der Waals surface area (Å²) in [5, 5.41) is 0. The molecular formula is C24H42N3OS. The number of aromatic amines is 1. The van der Waals surface area contributed by atoms with E-state index in [1.165, 1.54) is 42.2 Å². The van der Waals surface area contributed by atoms with E-state index >= 15 is 0 Å². The van der Waals surface area contributed by atoms with Gasteiger partial charge in [-0.15, -0.1) is 0 Å². The molecule has 0 fully saturated rings. The van der Waals surface area contributed by atoms with Crippen molar-refractivity contribution < 1.29 is 4.79 Å². The Labute approximate surface area is 179 Å². The van der Waals surface area contributed by atoms with Gasteiger partial charge in [0.15, 0.2) is 5.82 Å². The number of carbonyl (C=O) groups is 1. The van der Waals surface area contributed by atoms with Crippen LogP contribution in [0.4, 0.5) is 0 Å². The highest BCUT2D eigenvalue weighted by Crippen LogP contribution is 2.44. The Morgan fingerprint density at radius 1 is 1.24 bits per heavy atom. The van der Waals surface area contributed by atoms with Gasteiger partial charge in [-0.1, -0.05) is 47.5 Å². The second kappa shape index (κ2) is 10.8. The van der Waals surface area contributed by atoms with E-state index in [4.69, 9.17) is 0 Å². The van der Waals surface area contributed by atoms with Gasteiger partial charge in [-0.3, -0.25) is 9.69 Å². The van der Waals surface area contributed by atoms with Gasteiger partial charge in [-0.05, 0) is 55.4 Å². The van der Waals surface area contributed by atoms with Gasteiger partial charge >= 0.3 is 0 Å². The molecule has 2 rings (SSSR count). The molecule has 1 N–H and O–H groups in total. The molecule has 0 aliphatic carbocycles. The van der Waals surface area contributed by atoms with Gasteiger partial charge < -0.3 is 4.98 Å². The van der Waals surface area contributed by atoms with E-state index in [2.05, 4.69) is 63.3 Å². The first kappa shape index (κ1) is 24.2. The van der Waals surface area contributed by atoms with Crippen LogP contribution >= 0.6 is 9.21 Å². The minimum absolute atomic E-state index is 0.0142. The molecule has 0 saturated carbocycles. The molecule has 1 aromatic rings. The molecular weight excluding hydrogens is 378 g/mol. The van der Waals surface area contributed by atoms with Crippen molar-refractivity contribution in [3.8, 4) is 0 Å². The number of nitrogens with one attached hydrogen (secondary N) is 1. The van der Waals surface area contributed by atoms with Crippen LogP contribution in [0.2, 0.25) is 0 Å². The Morgan fingerprint density at radius 2 is 1.97 bits per heavy atom. The van der Waals surface area contributed by atoms with Gasteiger partial charge in [0.25, 0.3) is 0 Å². The third-order valence-electron chi connectivity index (χ3n) is 5.75. The Bertz CT molecular complexity index is 783. The van der Waals surface area contributed by atoms with Crippen LogP contribution in [-0.4, -0.2) is 54.1 Å². The molecule has 0 spiro atoms. The average molecular weight is 421 g/mol. The number of hydrogen-bond acceptors (Lipinski definition) is 3. The van der Waals surface area contributed by atoms with E-state index in [1.807, 2.05) is 6.42 Å². The van der Waals surface area contributed by atoms with Crippen LogP contribution in [0.1, 0.15) is 91.2 Å². The summed E-state index contributed by atoms with van der Waals surface area (Å²) >= 11 is 0. The predicted octanol–water partition coefficient (Wildman–Crippen LogP) is 5.66. The van der Waals surface area contributed by atoms with Crippen molar-refractivity contribution >= 4 is 24.8 Å². The molecule has 1 aliphatic rings. The van der Waals surface area contributed by atoms with E-state index in [9.17, 15) is 4.79 Å². The van der Waals surface area contributed by atoms with Crippen molar-refractivity contribution in [2.75, 3.05) is 11.5 Å². The molecule has 0 bridgehead atoms. The number of aromatic nitrogens is 2. The first-order valence-corrected chi connectivity index (χ1v) is 13.5. The van der Waals surface area contributed by atoms with Crippen molar-refractivity contribution in [1.82, 2.24) is 14.9 Å². The SMILES string of the molecule is CCCCS1(CC(C)C)=C(CCC)C(CC)N(C(C)C)C=1[CH]C(=O)c1ncc[nH]1. The lowest BCUT2D eigenvalue weighted by atomic mass is 10.0. The maximum atomic E-state index is 13.1. The highest BCUT2D eigenvalue weighted by Gasteiger charge is 2.39. The quantitative estimate of drug-likeness (QED) is 0.350. The fourth-order valence-corrected chi connectivity index (χ4v) is 10.5. The lowest BCUT2D eigenvalue weighted by molar-refractivity contribution is 0.102. The van der Waals surface area contributed by atoms with Gasteiger partial charge in [0.1, 0.15) is 0 Å². The number of imidazole rings is 1. The molecule has 2 heterocycles. The number of unbranched alkanes of at least 4 members (excludes halogenated alkanes) is 1. The van der Waals surface area contributed by atoms with Crippen LogP contribution < -0.4 is 0 Å². The zero-order valence-corrected chi connectivity index (χ0v) is 20.4. The average Bonchev–Trinajstić information content (AvgIpc) is 3.27. The van der Waals surface area contributed by atoms with E-state index < -0.39 is 9.21 Å². The monoisotopic (exact) mass is 420 g/mol. The molecule has 0 saturated heterocycles. The summed E-state index contributed by atoms with van der Waals surface area (Å²) in [6.07, 6.45) is 11.2. The largest absolute Gasteiger partial charge is 0.342 e. The van der Waals surface area contributed by atoms with Crippen LogP contribution in [0.5, 0.6) is 0 Å². The molecule has 0 amide bonds. The maximum absolute atomic E-state index is 13.1. The van der Waals surface area contributed by atoms with Crippen LogP contribution in [-0.2, 0) is 0 Å². The minimum atomic E-state index is -1.17. The van der Waals surface area contributed by atoms with Gasteiger partial charge in [0, 0.05) is 29.5 Å². The molecule has 29 heavy (non-hydrogen) atoms. The number of nitrogens with zero attached hydrogens (tertiary/aromatic N) is 2. The number of H-pyrrole nitrogens is 1. The number of rotatable bonds is 12. The van der Waals surface area contributed by atoms with Crippen molar-refractivity contribution in [1.29, 1.82) is 0 Å². The summed E-state index contributed by atoms with van der Waals surface area (Å²) in [5.74, 6) is 3.49. The van der Waals surface area contributed by atoms with Crippen LogP contribution in [0.25, 0.3) is 0 Å². The first-order valence-electron chi connectivity index (χ1n) is 11.5. The molecule has 4 nitrogen and oxygen atoms in total. The lowest BCUT2D eigenvalue weighted by Gasteiger charge is -2.32. The normalized spacial score (nSPS) is 23.0. The summed E-state index contributed by atoms with van der Waals surface area (Å²) in [7, 11) is -1.17. The van der Waals surface area contributed by atoms with Gasteiger partial charge in [-0.2, -0.15) is 9.21 Å². The van der Waals surface area contributed by atoms with E-state index in [1.54, 1.807) is 17.3 Å². The zero-order chi connectivity index (χ0) is 21.6. The third-order valence-corrected chi connectivity index (χ3v) is 10.6. The first-order chi connectivity index (χ1) is 13.8. The maximum Gasteiger partial charge on any atom is 0.208 e. The van der Waals surface area contributed by atoms with Crippen molar-refractivity contribution in [2.45, 2.75) is 92.7 Å². The van der Waals surface area contributed by atoms with Crippen LogP contribution in [0.3, 0.4) is 0 Å². The smallest absolute Gasteiger partial charge is 0.208 e. The number of ketones is 1. The van der Waals surface area contributed by atoms with Crippen LogP contribution in [0, 0.1) is 12.3 Å². The molecule has 1 radical (unpaired) electrons. The molecule has 2 unspecified atom stereocenters. The molecule has 165 valence electrons. The summed E-state index contributed by atoms with van der Waals surface area (Å²) in [6, 6.07) is 0.835. The Hall–Kier alpha value is -1.07. The van der Waals surface area contributed by atoms with Crippen molar-refractivity contribution in [2.24, 2.45) is 5.92 Å². The highest BCUT2D eigenvalue weighted by molar-refractivity contribution is 8.31. The summed E-state index contributed by atoms with van der Waals surface area (Å²) in [6.45, 7) is 16.1. The number of carbonyl (C=O) groups excluding carboxylic acids is 1. The molecule has 1 aromatic heterocycles. The van der Waals surface area contributed by atoms with E-state index in [-0.39, 0.29) is 5.78 Å². The van der Waals surface area contributed by atoms with E-state index in [0.717, 1.165) is 6.42 Å². The second-order valence-electron chi connectivity index (χ2n) is 8.93. The highest BCUT2D eigenvalue weighted by atomic mass is 32.2. The fourth-order valence-electron chi connectivity index (χ4n) is 4.79. The summed E-state index contributed by atoms with van der Waals surface area (Å²) < 4.78 is 0. The number of hydrogen-bond donors (Lipinski definition) is 1. The van der Waals surface area contributed by atoms with Crippen molar-refractivity contribution in [3.63, 3.8) is 0 Å². The Balaban J connectivity index is 2.76.